The van der Waals surface area contributed by atoms with Gasteiger partial charge in [0.05, 0.1) is 5.69 Å². The van der Waals surface area contributed by atoms with E-state index in [1.165, 1.54) is 0 Å². The van der Waals surface area contributed by atoms with E-state index in [9.17, 15) is 4.79 Å². The van der Waals surface area contributed by atoms with Crippen LogP contribution in [0.1, 0.15) is 13.3 Å². The predicted octanol–water partition coefficient (Wildman–Crippen LogP) is 4.24. The number of halogens is 1. The molecule has 1 N–H and O–H groups in total. The normalized spacial score (nSPS) is 15.5. The summed E-state index contributed by atoms with van der Waals surface area (Å²) in [6.07, 6.45) is 0.369. The molecule has 0 aliphatic carbocycles. The fraction of sp³-hybridized carbons (Fsp3) is 0.304. The van der Waals surface area contributed by atoms with Gasteiger partial charge in [0.2, 0.25) is 0 Å². The number of carbonyl (C=O) groups is 1. The zero-order chi connectivity index (χ0) is 20.9. The van der Waals surface area contributed by atoms with Crippen LogP contribution in [0.3, 0.4) is 0 Å². The summed E-state index contributed by atoms with van der Waals surface area (Å²) < 4.78 is 5.81. The molecule has 1 atom stereocenters. The summed E-state index contributed by atoms with van der Waals surface area (Å²) in [5, 5.41) is 8.29. The fourth-order valence-corrected chi connectivity index (χ4v) is 3.75. The largest absolute Gasteiger partial charge is 0.481 e. The molecule has 1 saturated heterocycles. The third-order valence-electron chi connectivity index (χ3n) is 5.25. The van der Waals surface area contributed by atoms with Gasteiger partial charge in [0, 0.05) is 37.3 Å². The first-order valence-corrected chi connectivity index (χ1v) is 10.5. The smallest absolute Gasteiger partial charge is 0.263 e. The summed E-state index contributed by atoms with van der Waals surface area (Å²) >= 11 is 5.98. The molecule has 1 aliphatic heterocycles. The van der Waals surface area contributed by atoms with Crippen LogP contribution >= 0.6 is 11.6 Å². The first-order valence-electron chi connectivity index (χ1n) is 10.2. The lowest BCUT2D eigenvalue weighted by Gasteiger charge is -2.25. The Hall–Kier alpha value is -2.99. The molecule has 1 unspecified atom stereocenters. The Balaban J connectivity index is 1.37. The number of nitrogens with one attached hydrogen (secondary N) is 1. The van der Waals surface area contributed by atoms with E-state index in [0.717, 1.165) is 36.6 Å². The Kier molecular flexibility index (Phi) is 6.23. The van der Waals surface area contributed by atoms with Gasteiger partial charge in [-0.3, -0.25) is 9.89 Å². The number of ether oxygens (including phenoxy) is 1. The molecule has 1 aromatic heterocycles. The predicted molar refractivity (Wildman–Crippen MR) is 119 cm³/mol. The second kappa shape index (κ2) is 9.22. The lowest BCUT2D eigenvalue weighted by molar-refractivity contribution is -0.137. The van der Waals surface area contributed by atoms with Crippen molar-refractivity contribution in [2.24, 2.45) is 0 Å². The summed E-state index contributed by atoms with van der Waals surface area (Å²) in [7, 11) is 0. The molecule has 1 fully saturated rings. The van der Waals surface area contributed by atoms with Crippen molar-refractivity contribution in [1.29, 1.82) is 0 Å². The second-order valence-corrected chi connectivity index (χ2v) is 7.82. The average molecular weight is 425 g/mol. The lowest BCUT2D eigenvalue weighted by atomic mass is 10.1. The highest BCUT2D eigenvalue weighted by molar-refractivity contribution is 6.30. The van der Waals surface area contributed by atoms with Crippen molar-refractivity contribution in [2.75, 3.05) is 31.1 Å². The van der Waals surface area contributed by atoms with E-state index in [1.807, 2.05) is 72.5 Å². The first-order chi connectivity index (χ1) is 14.6. The quantitative estimate of drug-likeness (QED) is 0.665. The van der Waals surface area contributed by atoms with Crippen LogP contribution in [0.2, 0.25) is 5.02 Å². The van der Waals surface area contributed by atoms with Crippen LogP contribution in [0.4, 0.5) is 5.82 Å². The molecule has 1 aliphatic rings. The van der Waals surface area contributed by atoms with E-state index >= 15 is 0 Å². The van der Waals surface area contributed by atoms with Crippen molar-refractivity contribution in [3.63, 3.8) is 0 Å². The second-order valence-electron chi connectivity index (χ2n) is 7.39. The van der Waals surface area contributed by atoms with Gasteiger partial charge < -0.3 is 14.5 Å². The van der Waals surface area contributed by atoms with Gasteiger partial charge in [0.15, 0.2) is 11.9 Å². The van der Waals surface area contributed by atoms with Gasteiger partial charge in [-0.2, -0.15) is 5.10 Å². The number of hydrogen-bond acceptors (Lipinski definition) is 4. The van der Waals surface area contributed by atoms with Crippen LogP contribution in [-0.2, 0) is 4.79 Å². The van der Waals surface area contributed by atoms with Gasteiger partial charge in [-0.15, -0.1) is 0 Å². The van der Waals surface area contributed by atoms with Gasteiger partial charge >= 0.3 is 0 Å². The molecular weight excluding hydrogens is 400 g/mol. The number of nitrogens with zero attached hydrogens (tertiary/aromatic N) is 3. The number of carbonyl (C=O) groups excluding carboxylic acids is 1. The Labute approximate surface area is 181 Å². The molecule has 30 heavy (non-hydrogen) atoms. The minimum absolute atomic E-state index is 0.0181. The summed E-state index contributed by atoms with van der Waals surface area (Å²) in [6, 6.07) is 19.2. The third kappa shape index (κ3) is 4.76. The van der Waals surface area contributed by atoms with Crippen molar-refractivity contribution >= 4 is 23.3 Å². The highest BCUT2D eigenvalue weighted by atomic mass is 35.5. The average Bonchev–Trinajstić information content (AvgIpc) is 3.12. The van der Waals surface area contributed by atoms with Crippen molar-refractivity contribution in [3.8, 4) is 17.0 Å². The lowest BCUT2D eigenvalue weighted by Crippen LogP contribution is -2.42. The summed E-state index contributed by atoms with van der Waals surface area (Å²) in [6.45, 7) is 4.75. The Bertz CT molecular complexity index is 974. The van der Waals surface area contributed by atoms with Crippen LogP contribution in [0.15, 0.2) is 60.7 Å². The minimum atomic E-state index is -0.513. The van der Waals surface area contributed by atoms with E-state index in [-0.39, 0.29) is 5.91 Å². The maximum Gasteiger partial charge on any atom is 0.263 e. The van der Waals surface area contributed by atoms with Crippen molar-refractivity contribution < 1.29 is 9.53 Å². The van der Waals surface area contributed by atoms with E-state index < -0.39 is 6.10 Å². The van der Waals surface area contributed by atoms with Crippen LogP contribution in [0.5, 0.6) is 5.75 Å². The van der Waals surface area contributed by atoms with Gasteiger partial charge in [-0.25, -0.2) is 0 Å². The summed E-state index contributed by atoms with van der Waals surface area (Å²) in [4.78, 5) is 17.0. The standard InChI is InChI=1S/C23H25ClN4O2/c1-17(30-20-6-3-2-4-7-20)23(29)28-13-5-12-27(14-15-28)22-16-21(25-26-22)18-8-10-19(24)11-9-18/h2-4,6-11,16-17H,5,12-15H2,1H3,(H,25,26). The first kappa shape index (κ1) is 20.3. The molecule has 0 bridgehead atoms. The highest BCUT2D eigenvalue weighted by Gasteiger charge is 2.25. The number of aromatic amines is 1. The maximum absolute atomic E-state index is 12.9. The monoisotopic (exact) mass is 424 g/mol. The molecule has 156 valence electrons. The number of benzene rings is 2. The van der Waals surface area contributed by atoms with Gasteiger partial charge in [0.1, 0.15) is 5.75 Å². The number of hydrogen-bond donors (Lipinski definition) is 1. The number of amides is 1. The van der Waals surface area contributed by atoms with Gasteiger partial charge in [-0.1, -0.05) is 41.9 Å². The van der Waals surface area contributed by atoms with E-state index in [4.69, 9.17) is 16.3 Å². The number of H-pyrrole nitrogens is 1. The van der Waals surface area contributed by atoms with E-state index in [1.54, 1.807) is 0 Å². The molecule has 1 amide bonds. The number of anilines is 1. The molecule has 6 nitrogen and oxygen atoms in total. The number of rotatable bonds is 5. The Morgan fingerprint density at radius 3 is 2.60 bits per heavy atom. The van der Waals surface area contributed by atoms with Gasteiger partial charge in [-0.05, 0) is 43.2 Å². The topological polar surface area (TPSA) is 61.5 Å². The fourth-order valence-electron chi connectivity index (χ4n) is 3.63. The maximum atomic E-state index is 12.9. The van der Waals surface area contributed by atoms with Crippen LogP contribution < -0.4 is 9.64 Å². The summed E-state index contributed by atoms with van der Waals surface area (Å²) in [5.74, 6) is 1.62. The van der Waals surface area contributed by atoms with E-state index in [2.05, 4.69) is 15.1 Å². The van der Waals surface area contributed by atoms with Crippen LogP contribution in [0.25, 0.3) is 11.3 Å². The zero-order valence-corrected chi connectivity index (χ0v) is 17.7. The molecular formula is C23H25ClN4O2. The van der Waals surface area contributed by atoms with Crippen molar-refractivity contribution in [1.82, 2.24) is 15.1 Å². The number of para-hydroxylation sites is 1. The molecule has 0 spiro atoms. The van der Waals surface area contributed by atoms with Crippen LogP contribution in [0, 0.1) is 0 Å². The molecule has 0 saturated carbocycles. The van der Waals surface area contributed by atoms with E-state index in [0.29, 0.717) is 23.9 Å². The Morgan fingerprint density at radius 2 is 1.83 bits per heavy atom. The van der Waals surface area contributed by atoms with Crippen molar-refractivity contribution in [3.05, 3.63) is 65.7 Å². The molecule has 3 aromatic rings. The molecule has 2 aromatic carbocycles. The summed E-state index contributed by atoms with van der Waals surface area (Å²) in [5.41, 5.74) is 1.99. The molecule has 7 heteroatoms. The van der Waals surface area contributed by atoms with Crippen LogP contribution in [-0.4, -0.2) is 53.3 Å². The molecule has 2 heterocycles. The van der Waals surface area contributed by atoms with Crippen molar-refractivity contribution in [2.45, 2.75) is 19.4 Å². The molecule has 0 radical (unpaired) electrons. The highest BCUT2D eigenvalue weighted by Crippen LogP contribution is 2.24. The third-order valence-corrected chi connectivity index (χ3v) is 5.51. The Morgan fingerprint density at radius 1 is 1.07 bits per heavy atom. The SMILES string of the molecule is CC(Oc1ccccc1)C(=O)N1CCCN(c2cc(-c3ccc(Cl)cc3)[nH]n2)CC1. The minimum Gasteiger partial charge on any atom is -0.481 e. The molecule has 4 rings (SSSR count). The van der Waals surface area contributed by atoms with Gasteiger partial charge in [0.25, 0.3) is 5.91 Å². The number of aromatic nitrogens is 2. The zero-order valence-electron chi connectivity index (χ0n) is 16.9.